The third kappa shape index (κ3) is 1.80. The van der Waals surface area contributed by atoms with Crippen LogP contribution in [0, 0.1) is 5.92 Å². The van der Waals surface area contributed by atoms with Crippen LogP contribution in [0.5, 0.6) is 0 Å². The molecule has 0 heterocycles. The zero-order chi connectivity index (χ0) is 6.78. The fraction of sp³-hybridized carbons (Fsp3) is 1.00. The first-order valence-electron chi connectivity index (χ1n) is 2.98. The molecule has 0 saturated carbocycles. The highest BCUT2D eigenvalue weighted by molar-refractivity contribution is 4.76. The van der Waals surface area contributed by atoms with Crippen LogP contribution in [0.15, 0.2) is 0 Å². The van der Waals surface area contributed by atoms with Crippen LogP contribution in [0.25, 0.3) is 0 Å². The molecule has 1 atom stereocenters. The van der Waals surface area contributed by atoms with Crippen molar-refractivity contribution in [2.45, 2.75) is 26.4 Å². The van der Waals surface area contributed by atoms with Gasteiger partial charge in [-0.3, -0.25) is 0 Å². The van der Waals surface area contributed by atoms with Crippen molar-refractivity contribution in [1.82, 2.24) is 5.32 Å². The van der Waals surface area contributed by atoms with E-state index >= 15 is 0 Å². The first kappa shape index (κ1) is 7.92. The molecule has 0 amide bonds. The Bertz CT molecular complexity index is 66.9. The fourth-order valence-electron chi connectivity index (χ4n) is 0.289. The van der Waals surface area contributed by atoms with Gasteiger partial charge in [-0.25, -0.2) is 0 Å². The summed E-state index contributed by atoms with van der Waals surface area (Å²) in [5, 5.41) is 3.02. The zero-order valence-corrected chi connectivity index (χ0v) is 6.15. The molecular weight excluding hydrogens is 100 g/mol. The van der Waals surface area contributed by atoms with Crippen LogP contribution in [0.1, 0.15) is 20.8 Å². The molecule has 0 radical (unpaired) electrons. The summed E-state index contributed by atoms with van der Waals surface area (Å²) in [6.45, 7) is 6.17. The lowest BCUT2D eigenvalue weighted by molar-refractivity contribution is 0.291. The van der Waals surface area contributed by atoms with Crippen LogP contribution in [0.2, 0.25) is 0 Å². The Balaban J connectivity index is 3.71. The van der Waals surface area contributed by atoms with E-state index in [0.717, 1.165) is 0 Å². The molecule has 0 aromatic rings. The van der Waals surface area contributed by atoms with Gasteiger partial charge >= 0.3 is 0 Å². The topological polar surface area (TPSA) is 38.0 Å². The van der Waals surface area contributed by atoms with E-state index in [0.29, 0.717) is 5.92 Å². The van der Waals surface area contributed by atoms with Gasteiger partial charge in [0.2, 0.25) is 0 Å². The maximum atomic E-state index is 5.75. The van der Waals surface area contributed by atoms with Gasteiger partial charge in [0.15, 0.2) is 0 Å². The van der Waals surface area contributed by atoms with Crippen molar-refractivity contribution in [2.24, 2.45) is 11.7 Å². The second-order valence-electron chi connectivity index (χ2n) is 2.69. The van der Waals surface area contributed by atoms with Gasteiger partial charge in [0.25, 0.3) is 0 Å². The van der Waals surface area contributed by atoms with Crippen LogP contribution < -0.4 is 11.1 Å². The Morgan fingerprint density at radius 1 is 1.50 bits per heavy atom. The number of rotatable bonds is 2. The van der Waals surface area contributed by atoms with Crippen molar-refractivity contribution in [2.75, 3.05) is 7.05 Å². The predicted octanol–water partition coefficient (Wildman–Crippen LogP) is 0.537. The summed E-state index contributed by atoms with van der Waals surface area (Å²) in [6.07, 6.45) is 0. The maximum Gasteiger partial charge on any atom is 0.0654 e. The molecule has 0 spiro atoms. The predicted molar refractivity (Wildman–Crippen MR) is 36.5 cm³/mol. The van der Waals surface area contributed by atoms with Gasteiger partial charge in [-0.1, -0.05) is 13.8 Å². The van der Waals surface area contributed by atoms with Gasteiger partial charge < -0.3 is 11.1 Å². The average Bonchev–Trinajstić information content (AvgIpc) is 1.67. The highest BCUT2D eigenvalue weighted by Gasteiger charge is 2.18. The lowest BCUT2D eigenvalue weighted by atomic mass is 10.00. The molecule has 8 heavy (non-hydrogen) atoms. The smallest absolute Gasteiger partial charge is 0.0654 e. The minimum Gasteiger partial charge on any atom is -0.313 e. The van der Waals surface area contributed by atoms with Gasteiger partial charge in [0.1, 0.15) is 0 Å². The van der Waals surface area contributed by atoms with Crippen LogP contribution in [0.4, 0.5) is 0 Å². The van der Waals surface area contributed by atoms with Gasteiger partial charge in [-0.2, -0.15) is 0 Å². The van der Waals surface area contributed by atoms with Crippen molar-refractivity contribution in [3.8, 4) is 0 Å². The fourth-order valence-corrected chi connectivity index (χ4v) is 0.289. The number of hydrogen-bond donors (Lipinski definition) is 2. The number of hydrogen-bond acceptors (Lipinski definition) is 2. The van der Waals surface area contributed by atoms with Crippen LogP contribution >= 0.6 is 0 Å². The first-order valence-corrected chi connectivity index (χ1v) is 2.98. The quantitative estimate of drug-likeness (QED) is 0.517. The lowest BCUT2D eigenvalue weighted by Gasteiger charge is -2.28. The van der Waals surface area contributed by atoms with E-state index in [2.05, 4.69) is 19.2 Å². The van der Waals surface area contributed by atoms with Crippen LogP contribution in [-0.2, 0) is 0 Å². The monoisotopic (exact) mass is 116 g/mol. The molecule has 0 saturated heterocycles. The SMILES string of the molecule is CNC(C)(N)C(C)C. The third-order valence-corrected chi connectivity index (χ3v) is 1.74. The maximum absolute atomic E-state index is 5.75. The molecule has 0 aromatic carbocycles. The summed E-state index contributed by atoms with van der Waals surface area (Å²) in [7, 11) is 1.88. The van der Waals surface area contributed by atoms with Crippen molar-refractivity contribution in [3.63, 3.8) is 0 Å². The molecule has 2 heteroatoms. The molecule has 0 bridgehead atoms. The minimum absolute atomic E-state index is 0.208. The Hall–Kier alpha value is -0.0800. The van der Waals surface area contributed by atoms with Crippen molar-refractivity contribution in [1.29, 1.82) is 0 Å². The Kier molecular flexibility index (Phi) is 2.44. The molecule has 50 valence electrons. The van der Waals surface area contributed by atoms with Crippen LogP contribution in [-0.4, -0.2) is 12.7 Å². The van der Waals surface area contributed by atoms with Gasteiger partial charge in [-0.05, 0) is 19.9 Å². The molecule has 2 nitrogen and oxygen atoms in total. The van der Waals surface area contributed by atoms with E-state index in [1.54, 1.807) is 0 Å². The molecule has 0 aliphatic carbocycles. The molecule has 0 aliphatic rings. The van der Waals surface area contributed by atoms with Gasteiger partial charge in [0, 0.05) is 0 Å². The highest BCUT2D eigenvalue weighted by atomic mass is 15.1. The molecule has 3 N–H and O–H groups in total. The number of nitrogens with two attached hydrogens (primary N) is 1. The minimum atomic E-state index is -0.208. The van der Waals surface area contributed by atoms with Gasteiger partial charge in [0.05, 0.1) is 5.66 Å². The molecule has 0 aliphatic heterocycles. The summed E-state index contributed by atoms with van der Waals surface area (Å²) >= 11 is 0. The van der Waals surface area contributed by atoms with Crippen molar-refractivity contribution >= 4 is 0 Å². The largest absolute Gasteiger partial charge is 0.313 e. The third-order valence-electron chi connectivity index (χ3n) is 1.74. The Morgan fingerprint density at radius 3 is 1.88 bits per heavy atom. The second kappa shape index (κ2) is 2.46. The van der Waals surface area contributed by atoms with E-state index < -0.39 is 0 Å². The molecule has 1 unspecified atom stereocenters. The average molecular weight is 116 g/mol. The van der Waals surface area contributed by atoms with Crippen molar-refractivity contribution in [3.05, 3.63) is 0 Å². The standard InChI is InChI=1S/C6H16N2/c1-5(2)6(3,7)8-4/h5,8H,7H2,1-4H3. The molecule has 0 rings (SSSR count). The van der Waals surface area contributed by atoms with E-state index in [1.165, 1.54) is 0 Å². The Morgan fingerprint density at radius 2 is 1.88 bits per heavy atom. The molecule has 0 aromatic heterocycles. The summed E-state index contributed by atoms with van der Waals surface area (Å²) < 4.78 is 0. The van der Waals surface area contributed by atoms with E-state index in [9.17, 15) is 0 Å². The zero-order valence-electron chi connectivity index (χ0n) is 6.15. The number of nitrogens with one attached hydrogen (secondary N) is 1. The normalized spacial score (nSPS) is 18.8. The first-order chi connectivity index (χ1) is 3.50. The van der Waals surface area contributed by atoms with Crippen molar-refractivity contribution < 1.29 is 0 Å². The summed E-state index contributed by atoms with van der Waals surface area (Å²) in [5.74, 6) is 0.479. The molecule has 0 fully saturated rings. The lowest BCUT2D eigenvalue weighted by Crippen LogP contribution is -2.53. The van der Waals surface area contributed by atoms with E-state index in [4.69, 9.17) is 5.73 Å². The highest BCUT2D eigenvalue weighted by Crippen LogP contribution is 2.06. The summed E-state index contributed by atoms with van der Waals surface area (Å²) in [4.78, 5) is 0. The van der Waals surface area contributed by atoms with Gasteiger partial charge in [-0.15, -0.1) is 0 Å². The summed E-state index contributed by atoms with van der Waals surface area (Å²) in [6, 6.07) is 0. The summed E-state index contributed by atoms with van der Waals surface area (Å²) in [5.41, 5.74) is 5.54. The second-order valence-corrected chi connectivity index (χ2v) is 2.69. The van der Waals surface area contributed by atoms with Crippen LogP contribution in [0.3, 0.4) is 0 Å². The Labute approximate surface area is 51.5 Å². The van der Waals surface area contributed by atoms with E-state index in [1.807, 2.05) is 14.0 Å². The van der Waals surface area contributed by atoms with E-state index in [-0.39, 0.29) is 5.66 Å². The molecular formula is C6H16N2.